The fourth-order valence-corrected chi connectivity index (χ4v) is 3.51. The Kier molecular flexibility index (Phi) is 5.20. The summed E-state index contributed by atoms with van der Waals surface area (Å²) in [6.07, 6.45) is 1.45. The second-order valence-corrected chi connectivity index (χ2v) is 7.11. The summed E-state index contributed by atoms with van der Waals surface area (Å²) >= 11 is 6.59. The van der Waals surface area contributed by atoms with Crippen LogP contribution < -0.4 is 10.6 Å². The topological polar surface area (TPSA) is 88.9 Å². The molecule has 0 aliphatic rings. The maximum absolute atomic E-state index is 12.8. The molecule has 0 aliphatic heterocycles. The van der Waals surface area contributed by atoms with Crippen molar-refractivity contribution in [3.8, 4) is 5.69 Å². The third kappa shape index (κ3) is 3.75. The second kappa shape index (κ2) is 7.96. The standard InChI is InChI=1S/C22H18ClN5O2/c1-13-19-20(23)18(12-24-21(19)28(27-13)17-6-4-3-5-7-17)22(30)26-16-10-8-15(9-11-16)25-14(2)29/h3-12H,1-2H3,(H,25,29)(H,26,30). The summed E-state index contributed by atoms with van der Waals surface area (Å²) in [5.41, 5.74) is 3.59. The third-order valence-electron chi connectivity index (χ3n) is 4.52. The van der Waals surface area contributed by atoms with E-state index in [0.717, 1.165) is 5.69 Å². The number of aryl methyl sites for hydroxylation is 1. The molecule has 150 valence electrons. The molecular weight excluding hydrogens is 402 g/mol. The number of hydrogen-bond acceptors (Lipinski definition) is 4. The van der Waals surface area contributed by atoms with Crippen molar-refractivity contribution in [1.82, 2.24) is 14.8 Å². The van der Waals surface area contributed by atoms with Gasteiger partial charge in [-0.25, -0.2) is 9.67 Å². The number of nitrogens with one attached hydrogen (secondary N) is 2. The molecule has 0 fully saturated rings. The molecule has 0 saturated heterocycles. The SMILES string of the molecule is CC(=O)Nc1ccc(NC(=O)c2cnc3c(c(C)nn3-c3ccccc3)c2Cl)cc1. The summed E-state index contributed by atoms with van der Waals surface area (Å²) in [4.78, 5) is 28.4. The van der Waals surface area contributed by atoms with Gasteiger partial charge in [-0.1, -0.05) is 29.8 Å². The number of nitrogens with zero attached hydrogens (tertiary/aromatic N) is 3. The Bertz CT molecular complexity index is 1250. The summed E-state index contributed by atoms with van der Waals surface area (Å²) in [7, 11) is 0. The quantitative estimate of drug-likeness (QED) is 0.506. The molecule has 7 nitrogen and oxygen atoms in total. The van der Waals surface area contributed by atoms with Crippen molar-refractivity contribution in [2.75, 3.05) is 10.6 Å². The van der Waals surface area contributed by atoms with Gasteiger partial charge in [0.15, 0.2) is 5.65 Å². The molecule has 2 aromatic heterocycles. The number of carbonyl (C=O) groups is 2. The zero-order chi connectivity index (χ0) is 21.3. The number of aromatic nitrogens is 3. The smallest absolute Gasteiger partial charge is 0.258 e. The fraction of sp³-hybridized carbons (Fsp3) is 0.0909. The molecule has 4 aromatic rings. The van der Waals surface area contributed by atoms with Gasteiger partial charge in [0, 0.05) is 24.5 Å². The molecular formula is C22H18ClN5O2. The van der Waals surface area contributed by atoms with Crippen LogP contribution in [0.15, 0.2) is 60.8 Å². The molecule has 0 bridgehead atoms. The van der Waals surface area contributed by atoms with E-state index in [-0.39, 0.29) is 17.4 Å². The van der Waals surface area contributed by atoms with E-state index < -0.39 is 0 Å². The van der Waals surface area contributed by atoms with Gasteiger partial charge in [-0.3, -0.25) is 9.59 Å². The highest BCUT2D eigenvalue weighted by atomic mass is 35.5. The average Bonchev–Trinajstić information content (AvgIpc) is 3.07. The molecule has 0 radical (unpaired) electrons. The van der Waals surface area contributed by atoms with Crippen LogP contribution in [0.2, 0.25) is 5.02 Å². The summed E-state index contributed by atoms with van der Waals surface area (Å²) in [6.45, 7) is 3.26. The minimum atomic E-state index is -0.381. The molecule has 0 saturated carbocycles. The van der Waals surface area contributed by atoms with Crippen molar-refractivity contribution in [2.45, 2.75) is 13.8 Å². The van der Waals surface area contributed by atoms with Crippen LogP contribution in [0.5, 0.6) is 0 Å². The predicted octanol–water partition coefficient (Wildman–Crippen LogP) is 4.59. The number of benzene rings is 2. The summed E-state index contributed by atoms with van der Waals surface area (Å²) in [5.74, 6) is -0.544. The van der Waals surface area contributed by atoms with Gasteiger partial charge in [0.05, 0.1) is 27.4 Å². The average molecular weight is 420 g/mol. The summed E-state index contributed by atoms with van der Waals surface area (Å²) < 4.78 is 1.71. The van der Waals surface area contributed by atoms with Crippen molar-refractivity contribution in [1.29, 1.82) is 0 Å². The van der Waals surface area contributed by atoms with Crippen molar-refractivity contribution in [3.05, 3.63) is 77.1 Å². The highest BCUT2D eigenvalue weighted by Crippen LogP contribution is 2.30. The van der Waals surface area contributed by atoms with Gasteiger partial charge in [-0.15, -0.1) is 0 Å². The molecule has 2 N–H and O–H groups in total. The Morgan fingerprint density at radius 2 is 1.60 bits per heavy atom. The Labute approximate surface area is 177 Å². The van der Waals surface area contributed by atoms with Crippen molar-refractivity contribution < 1.29 is 9.59 Å². The molecule has 0 unspecified atom stereocenters. The van der Waals surface area contributed by atoms with E-state index in [1.165, 1.54) is 13.1 Å². The Balaban J connectivity index is 1.65. The lowest BCUT2D eigenvalue weighted by Gasteiger charge is -2.09. The number of amides is 2. The van der Waals surface area contributed by atoms with Crippen LogP contribution >= 0.6 is 11.6 Å². The first-order valence-electron chi connectivity index (χ1n) is 9.22. The van der Waals surface area contributed by atoms with Crippen LogP contribution in [0.4, 0.5) is 11.4 Å². The zero-order valence-corrected chi connectivity index (χ0v) is 17.1. The number of rotatable bonds is 4. The number of pyridine rings is 1. The Morgan fingerprint density at radius 3 is 2.23 bits per heavy atom. The fourth-order valence-electron chi connectivity index (χ4n) is 3.15. The molecule has 4 rings (SSSR count). The normalized spacial score (nSPS) is 10.8. The van der Waals surface area contributed by atoms with E-state index in [4.69, 9.17) is 11.6 Å². The van der Waals surface area contributed by atoms with Crippen LogP contribution in [-0.4, -0.2) is 26.6 Å². The first-order valence-corrected chi connectivity index (χ1v) is 9.60. The minimum Gasteiger partial charge on any atom is -0.326 e. The highest BCUT2D eigenvalue weighted by Gasteiger charge is 2.20. The van der Waals surface area contributed by atoms with Crippen molar-refractivity contribution in [3.63, 3.8) is 0 Å². The van der Waals surface area contributed by atoms with E-state index >= 15 is 0 Å². The maximum Gasteiger partial charge on any atom is 0.258 e. The Hall–Kier alpha value is -3.71. The van der Waals surface area contributed by atoms with Gasteiger partial charge in [0.1, 0.15) is 0 Å². The van der Waals surface area contributed by atoms with Crippen molar-refractivity contribution in [2.24, 2.45) is 0 Å². The zero-order valence-electron chi connectivity index (χ0n) is 16.3. The van der Waals surface area contributed by atoms with Gasteiger partial charge in [0.25, 0.3) is 5.91 Å². The van der Waals surface area contributed by atoms with Gasteiger partial charge in [-0.05, 0) is 43.3 Å². The van der Waals surface area contributed by atoms with E-state index in [0.29, 0.717) is 33.1 Å². The van der Waals surface area contributed by atoms with Gasteiger partial charge < -0.3 is 10.6 Å². The lowest BCUT2D eigenvalue weighted by Crippen LogP contribution is -2.13. The molecule has 0 atom stereocenters. The molecule has 0 aliphatic carbocycles. The number of halogens is 1. The largest absolute Gasteiger partial charge is 0.326 e. The van der Waals surface area contributed by atoms with Crippen LogP contribution in [-0.2, 0) is 4.79 Å². The summed E-state index contributed by atoms with van der Waals surface area (Å²) in [5, 5.41) is 10.9. The number of hydrogen-bond donors (Lipinski definition) is 2. The molecule has 8 heteroatoms. The predicted molar refractivity (Wildman–Crippen MR) is 117 cm³/mol. The van der Waals surface area contributed by atoms with Gasteiger partial charge in [0.2, 0.25) is 5.91 Å². The lowest BCUT2D eigenvalue weighted by atomic mass is 10.2. The number of anilines is 2. The first-order chi connectivity index (χ1) is 14.4. The second-order valence-electron chi connectivity index (χ2n) is 6.73. The summed E-state index contributed by atoms with van der Waals surface area (Å²) in [6, 6.07) is 16.4. The number of para-hydroxylation sites is 1. The van der Waals surface area contributed by atoms with Crippen LogP contribution in [0.25, 0.3) is 16.7 Å². The van der Waals surface area contributed by atoms with Crippen LogP contribution in [0.3, 0.4) is 0 Å². The van der Waals surface area contributed by atoms with E-state index in [9.17, 15) is 9.59 Å². The highest BCUT2D eigenvalue weighted by molar-refractivity contribution is 6.39. The van der Waals surface area contributed by atoms with Gasteiger partial charge in [-0.2, -0.15) is 5.10 Å². The molecule has 2 heterocycles. The van der Waals surface area contributed by atoms with Crippen LogP contribution in [0, 0.1) is 6.92 Å². The minimum absolute atomic E-state index is 0.163. The molecule has 0 spiro atoms. The molecule has 2 amide bonds. The van der Waals surface area contributed by atoms with Crippen LogP contribution in [0.1, 0.15) is 23.0 Å². The van der Waals surface area contributed by atoms with E-state index in [1.54, 1.807) is 28.9 Å². The molecule has 30 heavy (non-hydrogen) atoms. The first kappa shape index (κ1) is 19.6. The maximum atomic E-state index is 12.8. The molecule has 2 aromatic carbocycles. The van der Waals surface area contributed by atoms with E-state index in [1.807, 2.05) is 37.3 Å². The van der Waals surface area contributed by atoms with Crippen molar-refractivity contribution >= 4 is 45.8 Å². The monoisotopic (exact) mass is 419 g/mol. The third-order valence-corrected chi connectivity index (χ3v) is 4.91. The van der Waals surface area contributed by atoms with Gasteiger partial charge >= 0.3 is 0 Å². The number of fused-ring (bicyclic) bond motifs is 1. The number of carbonyl (C=O) groups excluding carboxylic acids is 2. The lowest BCUT2D eigenvalue weighted by molar-refractivity contribution is -0.114. The van der Waals surface area contributed by atoms with E-state index in [2.05, 4.69) is 20.7 Å². The Morgan fingerprint density at radius 1 is 0.967 bits per heavy atom.